The van der Waals surface area contributed by atoms with Crippen LogP contribution < -0.4 is 10.1 Å². The normalized spacial score (nSPS) is 21.6. The summed E-state index contributed by atoms with van der Waals surface area (Å²) in [4.78, 5) is 17.4. The largest absolute Gasteiger partial charge is 0.494 e. The Morgan fingerprint density at radius 1 is 1.15 bits per heavy atom. The zero-order valence-corrected chi connectivity index (χ0v) is 17.0. The molecule has 0 aliphatic carbocycles. The molecule has 2 saturated heterocycles. The molecule has 150 valence electrons. The van der Waals surface area contributed by atoms with Gasteiger partial charge in [-0.2, -0.15) is 0 Å². The molecule has 1 aromatic rings. The lowest BCUT2D eigenvalue weighted by molar-refractivity contribution is -0.133. The first-order valence-corrected chi connectivity index (χ1v) is 10.6. The molecule has 2 heterocycles. The van der Waals surface area contributed by atoms with Crippen LogP contribution in [0.2, 0.25) is 0 Å². The summed E-state index contributed by atoms with van der Waals surface area (Å²) in [6.07, 6.45) is 5.85. The molecule has 1 amide bonds. The van der Waals surface area contributed by atoms with E-state index in [1.54, 1.807) is 0 Å². The monoisotopic (exact) mass is 373 g/mol. The maximum absolute atomic E-state index is 13.0. The quantitative estimate of drug-likeness (QED) is 0.761. The van der Waals surface area contributed by atoms with Gasteiger partial charge in [0.25, 0.3) is 0 Å². The minimum Gasteiger partial charge on any atom is -0.494 e. The summed E-state index contributed by atoms with van der Waals surface area (Å²) < 4.78 is 5.54. The van der Waals surface area contributed by atoms with Crippen LogP contribution in [0.3, 0.4) is 0 Å². The van der Waals surface area contributed by atoms with Crippen LogP contribution in [-0.2, 0) is 4.79 Å². The number of carbonyl (C=O) groups is 1. The highest BCUT2D eigenvalue weighted by Crippen LogP contribution is 2.33. The van der Waals surface area contributed by atoms with Gasteiger partial charge in [0.1, 0.15) is 5.75 Å². The fourth-order valence-electron chi connectivity index (χ4n) is 4.43. The van der Waals surface area contributed by atoms with Crippen LogP contribution in [0, 0.1) is 5.92 Å². The number of ether oxygens (including phenoxy) is 1. The van der Waals surface area contributed by atoms with Gasteiger partial charge in [0.2, 0.25) is 5.91 Å². The highest BCUT2D eigenvalue weighted by molar-refractivity contribution is 5.79. The van der Waals surface area contributed by atoms with Gasteiger partial charge in [-0.3, -0.25) is 9.69 Å². The van der Waals surface area contributed by atoms with E-state index in [-0.39, 0.29) is 6.04 Å². The number of benzene rings is 1. The third-order valence-electron chi connectivity index (χ3n) is 6.02. The molecule has 1 N–H and O–H groups in total. The molecule has 1 aromatic carbocycles. The van der Waals surface area contributed by atoms with Crippen LogP contribution in [-0.4, -0.2) is 62.1 Å². The van der Waals surface area contributed by atoms with E-state index in [2.05, 4.69) is 27.2 Å². The van der Waals surface area contributed by atoms with Crippen molar-refractivity contribution in [2.75, 3.05) is 46.4 Å². The molecule has 2 aliphatic heterocycles. The van der Waals surface area contributed by atoms with Gasteiger partial charge < -0.3 is 15.0 Å². The van der Waals surface area contributed by atoms with E-state index in [1.165, 1.54) is 24.8 Å². The van der Waals surface area contributed by atoms with Crippen LogP contribution >= 0.6 is 0 Å². The van der Waals surface area contributed by atoms with E-state index in [4.69, 9.17) is 4.74 Å². The smallest absolute Gasteiger partial charge is 0.237 e. The number of likely N-dealkylation sites (tertiary alicyclic amines) is 2. The summed E-state index contributed by atoms with van der Waals surface area (Å²) in [5.41, 5.74) is 1.23. The molecule has 0 saturated carbocycles. The summed E-state index contributed by atoms with van der Waals surface area (Å²) in [6, 6.07) is 8.51. The maximum Gasteiger partial charge on any atom is 0.237 e. The predicted molar refractivity (Wildman–Crippen MR) is 109 cm³/mol. The van der Waals surface area contributed by atoms with Crippen LogP contribution in [0.1, 0.15) is 50.6 Å². The Kier molecular flexibility index (Phi) is 7.53. The van der Waals surface area contributed by atoms with Crippen molar-refractivity contribution in [3.63, 3.8) is 0 Å². The van der Waals surface area contributed by atoms with E-state index in [0.29, 0.717) is 19.1 Å². The molecule has 1 atom stereocenters. The number of hydrogen-bond acceptors (Lipinski definition) is 4. The van der Waals surface area contributed by atoms with E-state index >= 15 is 0 Å². The first kappa shape index (κ1) is 20.2. The SMILES string of the molecule is CCOc1ccc(C2CCCN2C(=O)CN2CCC(CCNC)CC2)cc1. The molecule has 0 aromatic heterocycles. The third-order valence-corrected chi connectivity index (χ3v) is 6.02. The van der Waals surface area contributed by atoms with Gasteiger partial charge in [0, 0.05) is 6.54 Å². The lowest BCUT2D eigenvalue weighted by Gasteiger charge is -2.33. The summed E-state index contributed by atoms with van der Waals surface area (Å²) in [7, 11) is 2.02. The lowest BCUT2D eigenvalue weighted by Crippen LogP contribution is -2.43. The van der Waals surface area contributed by atoms with Gasteiger partial charge in [-0.05, 0) is 89.3 Å². The van der Waals surface area contributed by atoms with Crippen molar-refractivity contribution in [3.8, 4) is 5.75 Å². The second-order valence-electron chi connectivity index (χ2n) is 7.86. The number of amides is 1. The summed E-state index contributed by atoms with van der Waals surface area (Å²) in [5.74, 6) is 2.01. The van der Waals surface area contributed by atoms with Gasteiger partial charge in [0.15, 0.2) is 0 Å². The molecule has 0 radical (unpaired) electrons. The average Bonchev–Trinajstić information content (AvgIpc) is 3.18. The molecule has 2 fully saturated rings. The average molecular weight is 374 g/mol. The van der Waals surface area contributed by atoms with Gasteiger partial charge in [-0.1, -0.05) is 12.1 Å². The van der Waals surface area contributed by atoms with Crippen molar-refractivity contribution in [3.05, 3.63) is 29.8 Å². The second-order valence-corrected chi connectivity index (χ2v) is 7.86. The van der Waals surface area contributed by atoms with Crippen molar-refractivity contribution >= 4 is 5.91 Å². The number of rotatable bonds is 8. The Labute approximate surface area is 164 Å². The van der Waals surface area contributed by atoms with Crippen molar-refractivity contribution in [1.82, 2.24) is 15.1 Å². The minimum absolute atomic E-state index is 0.223. The van der Waals surface area contributed by atoms with Crippen molar-refractivity contribution < 1.29 is 9.53 Å². The molecule has 27 heavy (non-hydrogen) atoms. The van der Waals surface area contributed by atoms with E-state index in [0.717, 1.165) is 50.7 Å². The van der Waals surface area contributed by atoms with Crippen LogP contribution in [0.5, 0.6) is 5.75 Å². The molecule has 1 unspecified atom stereocenters. The van der Waals surface area contributed by atoms with Crippen LogP contribution in [0.15, 0.2) is 24.3 Å². The summed E-state index contributed by atoms with van der Waals surface area (Å²) in [5, 5.41) is 3.24. The third kappa shape index (κ3) is 5.45. The Balaban J connectivity index is 1.52. The standard InChI is InChI=1S/C22H35N3O2/c1-3-27-20-8-6-19(7-9-20)21-5-4-14-25(21)22(26)17-24-15-11-18(12-16-24)10-13-23-2/h6-9,18,21,23H,3-5,10-17H2,1-2H3. The summed E-state index contributed by atoms with van der Waals surface area (Å²) in [6.45, 7) is 7.35. The number of piperidine rings is 1. The molecule has 0 spiro atoms. The Hall–Kier alpha value is -1.59. The Bertz CT molecular complexity index is 582. The lowest BCUT2D eigenvalue weighted by atomic mass is 9.93. The van der Waals surface area contributed by atoms with E-state index < -0.39 is 0 Å². The Morgan fingerprint density at radius 3 is 2.56 bits per heavy atom. The van der Waals surface area contributed by atoms with Gasteiger partial charge in [0.05, 0.1) is 19.2 Å². The molecule has 3 rings (SSSR count). The first-order chi connectivity index (χ1) is 13.2. The predicted octanol–water partition coefficient (Wildman–Crippen LogP) is 3.07. The highest BCUT2D eigenvalue weighted by Gasteiger charge is 2.31. The number of nitrogens with zero attached hydrogens (tertiary/aromatic N) is 2. The fourth-order valence-corrected chi connectivity index (χ4v) is 4.43. The molecular formula is C22H35N3O2. The number of nitrogens with one attached hydrogen (secondary N) is 1. The van der Waals surface area contributed by atoms with Crippen LogP contribution in [0.25, 0.3) is 0 Å². The van der Waals surface area contributed by atoms with Gasteiger partial charge in [-0.15, -0.1) is 0 Å². The van der Waals surface area contributed by atoms with E-state index in [1.807, 2.05) is 26.1 Å². The van der Waals surface area contributed by atoms with Crippen molar-refractivity contribution in [1.29, 1.82) is 0 Å². The van der Waals surface area contributed by atoms with E-state index in [9.17, 15) is 4.79 Å². The van der Waals surface area contributed by atoms with Gasteiger partial charge in [-0.25, -0.2) is 0 Å². The molecule has 2 aliphatic rings. The first-order valence-electron chi connectivity index (χ1n) is 10.6. The molecule has 5 heteroatoms. The highest BCUT2D eigenvalue weighted by atomic mass is 16.5. The second kappa shape index (κ2) is 10.1. The Morgan fingerprint density at radius 2 is 1.89 bits per heavy atom. The summed E-state index contributed by atoms with van der Waals surface area (Å²) >= 11 is 0. The maximum atomic E-state index is 13.0. The minimum atomic E-state index is 0.223. The molecular weight excluding hydrogens is 338 g/mol. The topological polar surface area (TPSA) is 44.8 Å². The zero-order chi connectivity index (χ0) is 19.1. The van der Waals surface area contributed by atoms with Crippen molar-refractivity contribution in [2.45, 2.75) is 45.1 Å². The number of hydrogen-bond donors (Lipinski definition) is 1. The van der Waals surface area contributed by atoms with Crippen molar-refractivity contribution in [2.24, 2.45) is 5.92 Å². The molecule has 5 nitrogen and oxygen atoms in total. The van der Waals surface area contributed by atoms with Gasteiger partial charge >= 0.3 is 0 Å². The molecule has 0 bridgehead atoms. The fraction of sp³-hybridized carbons (Fsp3) is 0.682. The number of carbonyl (C=O) groups excluding carboxylic acids is 1. The van der Waals surface area contributed by atoms with Crippen LogP contribution in [0.4, 0.5) is 0 Å². The zero-order valence-electron chi connectivity index (χ0n) is 17.0.